The highest BCUT2D eigenvalue weighted by Crippen LogP contribution is 2.46. The lowest BCUT2D eigenvalue weighted by Gasteiger charge is -2.31. The molecule has 0 saturated heterocycles. The second kappa shape index (κ2) is 6.38. The van der Waals surface area contributed by atoms with E-state index in [0.717, 1.165) is 18.4 Å². The van der Waals surface area contributed by atoms with Crippen LogP contribution in [0.15, 0.2) is 35.9 Å². The number of phenolic OH excluding ortho intramolecular Hbond substituents is 2. The van der Waals surface area contributed by atoms with E-state index in [2.05, 4.69) is 6.58 Å². The summed E-state index contributed by atoms with van der Waals surface area (Å²) in [6.45, 7) is 5.18. The van der Waals surface area contributed by atoms with Crippen LogP contribution in [0.25, 0.3) is 0 Å². The molecule has 0 aromatic heterocycles. The van der Waals surface area contributed by atoms with Crippen molar-refractivity contribution in [1.29, 1.82) is 0 Å². The van der Waals surface area contributed by atoms with Gasteiger partial charge in [-0.05, 0) is 56.7 Å². The van der Waals surface area contributed by atoms with Crippen molar-refractivity contribution in [1.82, 2.24) is 0 Å². The Balaban J connectivity index is 2.44. The maximum absolute atomic E-state index is 10.5. The molecule has 0 fully saturated rings. The van der Waals surface area contributed by atoms with Gasteiger partial charge in [0.2, 0.25) is 0 Å². The molecule has 2 N–H and O–H groups in total. The third-order valence-electron chi connectivity index (χ3n) is 4.20. The number of hydrogen-bond acceptors (Lipinski definition) is 2. The number of aromatic hydroxyl groups is 2. The second-order valence-electron chi connectivity index (χ2n) is 5.93. The minimum Gasteiger partial charge on any atom is -0.507 e. The molecular formula is C19H26O2. The third kappa shape index (κ3) is 3.31. The largest absolute Gasteiger partial charge is 0.507 e. The van der Waals surface area contributed by atoms with Gasteiger partial charge >= 0.3 is 0 Å². The topological polar surface area (TPSA) is 40.5 Å². The summed E-state index contributed by atoms with van der Waals surface area (Å²) in [5.41, 5.74) is 2.78. The van der Waals surface area contributed by atoms with Crippen molar-refractivity contribution in [3.63, 3.8) is 0 Å². The van der Waals surface area contributed by atoms with Crippen LogP contribution in [0.4, 0.5) is 0 Å². The molecule has 1 aromatic carbocycles. The van der Waals surface area contributed by atoms with Crippen LogP contribution in [0, 0.1) is 5.92 Å². The van der Waals surface area contributed by atoms with Crippen LogP contribution in [-0.2, 0) is 6.42 Å². The van der Waals surface area contributed by atoms with Gasteiger partial charge in [0.15, 0.2) is 0 Å². The van der Waals surface area contributed by atoms with Gasteiger partial charge < -0.3 is 10.2 Å². The molecule has 1 aliphatic carbocycles. The molecule has 2 nitrogen and oxygen atoms in total. The molecule has 0 spiro atoms. The SMILES string of the molecule is [2H]C([2H])([2H])C([2H])([2H])Cc1cc(O)c([C@@H]2C=C(C)CC[C@H]2C(=C)C)c(O)c1. The van der Waals surface area contributed by atoms with Crippen LogP contribution in [0.1, 0.15) is 63.8 Å². The minimum atomic E-state index is -2.79. The van der Waals surface area contributed by atoms with Gasteiger partial charge in [-0.1, -0.05) is 37.0 Å². The van der Waals surface area contributed by atoms with Crippen molar-refractivity contribution in [3.05, 3.63) is 47.1 Å². The fourth-order valence-corrected chi connectivity index (χ4v) is 3.13. The summed E-state index contributed by atoms with van der Waals surface area (Å²) in [6, 6.07) is 2.71. The molecule has 2 heteroatoms. The zero-order valence-corrected chi connectivity index (χ0v) is 12.6. The lowest BCUT2D eigenvalue weighted by Crippen LogP contribution is -2.17. The summed E-state index contributed by atoms with van der Waals surface area (Å²) in [6.07, 6.45) is 0.972. The van der Waals surface area contributed by atoms with E-state index in [4.69, 9.17) is 6.85 Å². The lowest BCUT2D eigenvalue weighted by molar-refractivity contribution is 0.406. The molecule has 0 aliphatic heterocycles. The Bertz CT molecular complexity index is 711. The smallest absolute Gasteiger partial charge is 0.123 e. The lowest BCUT2D eigenvalue weighted by atomic mass is 9.73. The van der Waals surface area contributed by atoms with E-state index in [1.54, 1.807) is 0 Å². The van der Waals surface area contributed by atoms with Crippen LogP contribution in [0.2, 0.25) is 0 Å². The van der Waals surface area contributed by atoms with E-state index in [-0.39, 0.29) is 28.9 Å². The summed E-state index contributed by atoms with van der Waals surface area (Å²) in [5, 5.41) is 21.1. The molecule has 1 aromatic rings. The predicted octanol–water partition coefficient (Wildman–Crippen LogP) is 5.07. The Labute approximate surface area is 134 Å². The van der Waals surface area contributed by atoms with Crippen molar-refractivity contribution in [3.8, 4) is 11.5 Å². The number of phenols is 2. The number of rotatable bonds is 4. The Morgan fingerprint density at radius 2 is 2.10 bits per heavy atom. The van der Waals surface area contributed by atoms with Gasteiger partial charge in [0.05, 0.1) is 0 Å². The average molecular weight is 291 g/mol. The summed E-state index contributed by atoms with van der Waals surface area (Å²) < 4.78 is 37.4. The first-order valence-electron chi connectivity index (χ1n) is 9.71. The normalized spacial score (nSPS) is 26.8. The fraction of sp³-hybridized carbons (Fsp3) is 0.474. The van der Waals surface area contributed by atoms with Crippen LogP contribution in [0.3, 0.4) is 0 Å². The third-order valence-corrected chi connectivity index (χ3v) is 4.20. The maximum Gasteiger partial charge on any atom is 0.123 e. The highest BCUT2D eigenvalue weighted by atomic mass is 16.3. The molecular weight excluding hydrogens is 260 g/mol. The predicted molar refractivity (Wildman–Crippen MR) is 87.8 cm³/mol. The van der Waals surface area contributed by atoms with Crippen LogP contribution < -0.4 is 0 Å². The first kappa shape index (κ1) is 10.1. The highest BCUT2D eigenvalue weighted by molar-refractivity contribution is 5.51. The highest BCUT2D eigenvalue weighted by Gasteiger charge is 2.29. The Kier molecular flexibility index (Phi) is 3.07. The van der Waals surface area contributed by atoms with E-state index >= 15 is 0 Å². The molecule has 0 amide bonds. The Morgan fingerprint density at radius 3 is 2.67 bits per heavy atom. The van der Waals surface area contributed by atoms with Gasteiger partial charge in [-0.25, -0.2) is 0 Å². The number of benzene rings is 1. The van der Waals surface area contributed by atoms with E-state index in [0.29, 0.717) is 5.56 Å². The standard InChI is InChI=1S/C19H26O2/c1-5-6-14-10-17(20)19(18(21)11-14)16-9-13(4)7-8-15(16)12(2)3/h9-11,15-16,20-21H,2,5-8H2,1,3-4H3/t15-,16+/m0/s1/i1D3,5D2. The summed E-state index contributed by atoms with van der Waals surface area (Å²) in [7, 11) is 0. The van der Waals surface area contributed by atoms with E-state index < -0.39 is 19.6 Å². The van der Waals surface area contributed by atoms with Gasteiger partial charge in [-0.2, -0.15) is 0 Å². The first-order chi connectivity index (χ1) is 11.8. The molecule has 0 unspecified atom stereocenters. The average Bonchev–Trinajstić information content (AvgIpc) is 2.44. The zero-order chi connectivity index (χ0) is 19.9. The summed E-state index contributed by atoms with van der Waals surface area (Å²) in [5.74, 6) is -0.420. The molecule has 2 atom stereocenters. The van der Waals surface area contributed by atoms with Crippen molar-refractivity contribution < 1.29 is 17.1 Å². The molecule has 114 valence electrons. The van der Waals surface area contributed by atoms with E-state index in [9.17, 15) is 10.2 Å². The minimum absolute atomic E-state index is 0.0927. The number of aryl methyl sites for hydroxylation is 1. The van der Waals surface area contributed by atoms with Crippen molar-refractivity contribution in [2.75, 3.05) is 0 Å². The van der Waals surface area contributed by atoms with Crippen molar-refractivity contribution in [2.24, 2.45) is 5.92 Å². The van der Waals surface area contributed by atoms with Crippen LogP contribution >= 0.6 is 0 Å². The molecule has 2 rings (SSSR count). The number of allylic oxidation sites excluding steroid dienone is 3. The van der Waals surface area contributed by atoms with Gasteiger partial charge in [-0.15, -0.1) is 0 Å². The Morgan fingerprint density at radius 1 is 1.43 bits per heavy atom. The monoisotopic (exact) mass is 291 g/mol. The second-order valence-corrected chi connectivity index (χ2v) is 5.93. The van der Waals surface area contributed by atoms with E-state index in [1.807, 2.05) is 19.9 Å². The van der Waals surface area contributed by atoms with Gasteiger partial charge in [0.1, 0.15) is 11.5 Å². The molecule has 21 heavy (non-hydrogen) atoms. The molecule has 0 radical (unpaired) electrons. The molecule has 1 aliphatic rings. The molecule has 0 saturated carbocycles. The zero-order valence-electron chi connectivity index (χ0n) is 17.6. The molecule has 0 heterocycles. The fourth-order valence-electron chi connectivity index (χ4n) is 3.13. The van der Waals surface area contributed by atoms with Crippen LogP contribution in [0.5, 0.6) is 11.5 Å². The van der Waals surface area contributed by atoms with Crippen molar-refractivity contribution >= 4 is 0 Å². The van der Waals surface area contributed by atoms with Gasteiger partial charge in [0.25, 0.3) is 0 Å². The first-order valence-corrected chi connectivity index (χ1v) is 7.21. The maximum atomic E-state index is 10.5. The van der Waals surface area contributed by atoms with Crippen LogP contribution in [-0.4, -0.2) is 10.2 Å². The summed E-state index contributed by atoms with van der Waals surface area (Å²) in [4.78, 5) is 0. The van der Waals surface area contributed by atoms with E-state index in [1.165, 1.54) is 17.7 Å². The van der Waals surface area contributed by atoms with Gasteiger partial charge in [-0.3, -0.25) is 0 Å². The summed E-state index contributed by atoms with van der Waals surface area (Å²) >= 11 is 0. The van der Waals surface area contributed by atoms with Crippen molar-refractivity contribution in [2.45, 2.75) is 52.3 Å². The van der Waals surface area contributed by atoms with Gasteiger partial charge in [0, 0.05) is 18.3 Å². The molecule has 0 bridgehead atoms. The number of hydrogen-bond donors (Lipinski definition) is 2. The quantitative estimate of drug-likeness (QED) is 0.761. The Hall–Kier alpha value is -1.70.